The van der Waals surface area contributed by atoms with Crippen molar-refractivity contribution in [3.63, 3.8) is 0 Å². The largest absolute Gasteiger partial charge is 0.494 e. The van der Waals surface area contributed by atoms with E-state index in [-0.39, 0.29) is 11.3 Å². The molecule has 0 radical (unpaired) electrons. The number of benzene rings is 2. The first kappa shape index (κ1) is 15.3. The van der Waals surface area contributed by atoms with E-state index >= 15 is 0 Å². The van der Waals surface area contributed by atoms with Crippen LogP contribution >= 0.6 is 23.4 Å². The molecular formula is C17H16ClNO2S. The van der Waals surface area contributed by atoms with Gasteiger partial charge in [-0.1, -0.05) is 23.7 Å². The molecule has 1 fully saturated rings. The second kappa shape index (κ2) is 6.63. The second-order valence-corrected chi connectivity index (χ2v) is 6.41. The van der Waals surface area contributed by atoms with Gasteiger partial charge >= 0.3 is 0 Å². The van der Waals surface area contributed by atoms with Gasteiger partial charge in [0.15, 0.2) is 0 Å². The number of nitrogens with zero attached hydrogens (tertiary/aromatic N) is 1. The minimum absolute atomic E-state index is 0.0333. The highest BCUT2D eigenvalue weighted by Crippen LogP contribution is 2.42. The summed E-state index contributed by atoms with van der Waals surface area (Å²) >= 11 is 7.56. The summed E-state index contributed by atoms with van der Waals surface area (Å²) in [6, 6.07) is 15.3. The van der Waals surface area contributed by atoms with Gasteiger partial charge in [0.05, 0.1) is 12.4 Å². The summed E-state index contributed by atoms with van der Waals surface area (Å²) in [7, 11) is 0. The van der Waals surface area contributed by atoms with Gasteiger partial charge in [0.2, 0.25) is 5.91 Å². The smallest absolute Gasteiger partial charge is 0.238 e. The van der Waals surface area contributed by atoms with Gasteiger partial charge in [-0.25, -0.2) is 0 Å². The van der Waals surface area contributed by atoms with E-state index in [4.69, 9.17) is 16.3 Å². The molecule has 3 rings (SSSR count). The van der Waals surface area contributed by atoms with Gasteiger partial charge in [0.1, 0.15) is 11.1 Å². The number of rotatable bonds is 4. The Hall–Kier alpha value is -1.65. The third kappa shape index (κ3) is 3.08. The Bertz CT molecular complexity index is 675. The molecule has 0 saturated carbocycles. The maximum absolute atomic E-state index is 12.3. The zero-order chi connectivity index (χ0) is 15.5. The molecule has 0 N–H and O–H groups in total. The molecule has 1 heterocycles. The highest BCUT2D eigenvalue weighted by Gasteiger charge is 2.34. The van der Waals surface area contributed by atoms with Crippen molar-refractivity contribution in [2.24, 2.45) is 0 Å². The van der Waals surface area contributed by atoms with Crippen LogP contribution in [0.1, 0.15) is 17.9 Å². The fourth-order valence-corrected chi connectivity index (χ4v) is 3.77. The van der Waals surface area contributed by atoms with Crippen LogP contribution in [0.4, 0.5) is 5.69 Å². The second-order valence-electron chi connectivity index (χ2n) is 4.91. The minimum Gasteiger partial charge on any atom is -0.494 e. The van der Waals surface area contributed by atoms with Crippen LogP contribution in [0.3, 0.4) is 0 Å². The van der Waals surface area contributed by atoms with E-state index in [0.29, 0.717) is 17.4 Å². The van der Waals surface area contributed by atoms with Crippen molar-refractivity contribution in [2.45, 2.75) is 12.3 Å². The molecule has 3 nitrogen and oxygen atoms in total. The number of thioether (sulfide) groups is 1. The Kier molecular flexibility index (Phi) is 4.60. The number of anilines is 1. The molecule has 1 amide bonds. The lowest BCUT2D eigenvalue weighted by atomic mass is 10.1. The SMILES string of the molecule is CCOc1cccc([C@H]2SCC(=O)N2c2ccc(Cl)cc2)c1. The number of hydrogen-bond donors (Lipinski definition) is 0. The molecule has 1 saturated heterocycles. The molecule has 2 aromatic carbocycles. The molecule has 2 aromatic rings. The lowest BCUT2D eigenvalue weighted by Crippen LogP contribution is -2.27. The lowest BCUT2D eigenvalue weighted by molar-refractivity contribution is -0.115. The fourth-order valence-electron chi connectivity index (χ4n) is 2.48. The molecule has 0 spiro atoms. The molecule has 1 aliphatic rings. The zero-order valence-corrected chi connectivity index (χ0v) is 13.7. The highest BCUT2D eigenvalue weighted by molar-refractivity contribution is 8.00. The van der Waals surface area contributed by atoms with E-state index in [1.165, 1.54) is 0 Å². The van der Waals surface area contributed by atoms with E-state index in [1.807, 2.05) is 48.2 Å². The van der Waals surface area contributed by atoms with E-state index in [0.717, 1.165) is 17.0 Å². The summed E-state index contributed by atoms with van der Waals surface area (Å²) < 4.78 is 5.56. The van der Waals surface area contributed by atoms with Crippen LogP contribution in [0.25, 0.3) is 0 Å². The summed E-state index contributed by atoms with van der Waals surface area (Å²) in [4.78, 5) is 14.1. The van der Waals surface area contributed by atoms with Gasteiger partial charge in [-0.3, -0.25) is 9.69 Å². The molecule has 1 atom stereocenters. The maximum atomic E-state index is 12.3. The summed E-state index contributed by atoms with van der Waals surface area (Å²) in [5, 5.41) is 0.632. The van der Waals surface area contributed by atoms with Crippen LogP contribution in [0.2, 0.25) is 5.02 Å². The number of amides is 1. The number of ether oxygens (including phenoxy) is 1. The van der Waals surface area contributed by atoms with E-state index in [9.17, 15) is 4.79 Å². The molecular weight excluding hydrogens is 318 g/mol. The predicted octanol–water partition coefficient (Wildman–Crippen LogP) is 4.52. The molecule has 5 heteroatoms. The van der Waals surface area contributed by atoms with Crippen molar-refractivity contribution in [3.05, 3.63) is 59.1 Å². The van der Waals surface area contributed by atoms with E-state index in [1.54, 1.807) is 23.9 Å². The summed E-state index contributed by atoms with van der Waals surface area (Å²) in [6.07, 6.45) is 0. The highest BCUT2D eigenvalue weighted by atomic mass is 35.5. The van der Waals surface area contributed by atoms with E-state index in [2.05, 4.69) is 0 Å². The van der Waals surface area contributed by atoms with Crippen LogP contribution < -0.4 is 9.64 Å². The van der Waals surface area contributed by atoms with Crippen molar-refractivity contribution < 1.29 is 9.53 Å². The number of halogens is 1. The van der Waals surface area contributed by atoms with Gasteiger partial charge in [-0.15, -0.1) is 11.8 Å². The average molecular weight is 334 g/mol. The van der Waals surface area contributed by atoms with Crippen molar-refractivity contribution >= 4 is 35.0 Å². The average Bonchev–Trinajstić information content (AvgIpc) is 2.91. The number of carbonyl (C=O) groups is 1. The minimum atomic E-state index is -0.0333. The normalized spacial score (nSPS) is 17.8. The van der Waals surface area contributed by atoms with Gasteiger partial charge in [-0.05, 0) is 48.9 Å². The van der Waals surface area contributed by atoms with Crippen molar-refractivity contribution in [3.8, 4) is 5.75 Å². The van der Waals surface area contributed by atoms with Gasteiger partial charge in [-0.2, -0.15) is 0 Å². The Morgan fingerprint density at radius 1 is 1.27 bits per heavy atom. The molecule has 1 aliphatic heterocycles. The van der Waals surface area contributed by atoms with Crippen LogP contribution in [-0.2, 0) is 4.79 Å². The molecule has 114 valence electrons. The molecule has 0 aliphatic carbocycles. The fraction of sp³-hybridized carbons (Fsp3) is 0.235. The Labute approximate surface area is 139 Å². The van der Waals surface area contributed by atoms with Gasteiger partial charge < -0.3 is 4.74 Å². The summed E-state index contributed by atoms with van der Waals surface area (Å²) in [5.74, 6) is 1.42. The first-order valence-corrected chi connectivity index (χ1v) is 8.53. The van der Waals surface area contributed by atoms with Crippen molar-refractivity contribution in [1.82, 2.24) is 0 Å². The van der Waals surface area contributed by atoms with Crippen LogP contribution in [0, 0.1) is 0 Å². The molecule has 0 unspecified atom stereocenters. The Balaban J connectivity index is 1.93. The Morgan fingerprint density at radius 2 is 2.05 bits per heavy atom. The van der Waals surface area contributed by atoms with Crippen molar-refractivity contribution in [1.29, 1.82) is 0 Å². The standard InChI is InChI=1S/C17H16ClNO2S/c1-2-21-15-5-3-4-12(10-15)17-19(16(20)11-22-17)14-8-6-13(18)7-9-14/h3-10,17H,2,11H2,1H3/t17-/m1/s1. The van der Waals surface area contributed by atoms with Crippen LogP contribution in [0.15, 0.2) is 48.5 Å². The van der Waals surface area contributed by atoms with Crippen LogP contribution in [0.5, 0.6) is 5.75 Å². The maximum Gasteiger partial charge on any atom is 0.238 e. The van der Waals surface area contributed by atoms with E-state index < -0.39 is 0 Å². The molecule has 22 heavy (non-hydrogen) atoms. The van der Waals surface area contributed by atoms with Crippen LogP contribution in [-0.4, -0.2) is 18.3 Å². The first-order chi connectivity index (χ1) is 10.7. The number of hydrogen-bond acceptors (Lipinski definition) is 3. The zero-order valence-electron chi connectivity index (χ0n) is 12.2. The molecule has 0 aromatic heterocycles. The van der Waals surface area contributed by atoms with Crippen molar-refractivity contribution in [2.75, 3.05) is 17.3 Å². The Morgan fingerprint density at radius 3 is 2.77 bits per heavy atom. The third-order valence-corrected chi connectivity index (χ3v) is 4.89. The monoisotopic (exact) mass is 333 g/mol. The quantitative estimate of drug-likeness (QED) is 0.824. The third-order valence-electron chi connectivity index (χ3n) is 3.43. The predicted molar refractivity (Wildman–Crippen MR) is 91.7 cm³/mol. The first-order valence-electron chi connectivity index (χ1n) is 7.11. The molecule has 0 bridgehead atoms. The number of carbonyl (C=O) groups excluding carboxylic acids is 1. The lowest BCUT2D eigenvalue weighted by Gasteiger charge is -2.24. The summed E-state index contributed by atoms with van der Waals surface area (Å²) in [6.45, 7) is 2.58. The van der Waals surface area contributed by atoms with Gasteiger partial charge in [0.25, 0.3) is 0 Å². The summed E-state index contributed by atoms with van der Waals surface area (Å²) in [5.41, 5.74) is 1.93. The van der Waals surface area contributed by atoms with Gasteiger partial charge in [0, 0.05) is 10.7 Å². The topological polar surface area (TPSA) is 29.5 Å².